The number of rotatable bonds is 44. The Bertz CT molecular complexity index is 4100. The average molecular weight is 2220 g/mol. The number of hydrogen-bond donors (Lipinski definition) is 0. The molecule has 764 valence electrons. The summed E-state index contributed by atoms with van der Waals surface area (Å²) in [6.45, 7) is 125. The van der Waals surface area contributed by atoms with Gasteiger partial charge in [-0.1, -0.05) is 422 Å². The number of benzene rings is 4. The van der Waals surface area contributed by atoms with Crippen molar-refractivity contribution in [1.82, 2.24) is 0 Å². The minimum absolute atomic E-state index is 0.640. The Kier molecular flexibility index (Phi) is 65.5. The Labute approximate surface area is 883 Å². The van der Waals surface area contributed by atoms with Crippen molar-refractivity contribution in [2.24, 2.45) is 0 Å². The van der Waals surface area contributed by atoms with E-state index in [1.165, 1.54) is 139 Å². The molecule has 138 heavy (non-hydrogen) atoms. The van der Waals surface area contributed by atoms with E-state index in [-0.39, 0.29) is 0 Å². The van der Waals surface area contributed by atoms with Gasteiger partial charge in [0.15, 0.2) is 31.4 Å². The summed E-state index contributed by atoms with van der Waals surface area (Å²) in [6.07, 6.45) is 26.9. The van der Waals surface area contributed by atoms with Gasteiger partial charge in [0.25, 0.3) is 16.6 Å². The highest BCUT2D eigenvalue weighted by atomic mass is 35.6. The molecule has 8 rings (SSSR count). The maximum Gasteiger partial charge on any atom is 0.262 e. The van der Waals surface area contributed by atoms with Crippen LogP contribution in [0.1, 0.15) is 142 Å². The van der Waals surface area contributed by atoms with Crippen molar-refractivity contribution in [1.29, 1.82) is 0 Å². The lowest BCUT2D eigenvalue weighted by molar-refractivity contribution is 0.413. The molecular formula is C112H188Cl4O6Si16. The van der Waals surface area contributed by atoms with E-state index >= 15 is 0 Å². The fraction of sp³-hybridized carbons (Fsp3) is 0.393. The zero-order valence-electron chi connectivity index (χ0n) is 89.6. The van der Waals surface area contributed by atoms with E-state index < -0.39 is 129 Å². The van der Waals surface area contributed by atoms with Gasteiger partial charge in [-0.25, -0.2) is 0 Å². The summed E-state index contributed by atoms with van der Waals surface area (Å²) in [7, 11) is -29.9. The third kappa shape index (κ3) is 48.3. The minimum atomic E-state index is -2.53. The van der Waals surface area contributed by atoms with Crippen LogP contribution in [-0.4, -0.2) is 129 Å². The van der Waals surface area contributed by atoms with E-state index in [0.717, 1.165) is 33.5 Å². The van der Waals surface area contributed by atoms with Crippen molar-refractivity contribution >= 4 is 194 Å². The second kappa shape index (κ2) is 66.6. The fourth-order valence-corrected chi connectivity index (χ4v) is 63.1. The number of halogens is 4. The molecule has 4 aromatic rings. The molecule has 0 aliphatic heterocycles. The summed E-state index contributed by atoms with van der Waals surface area (Å²) in [5, 5.41) is 4.75. The maximum atomic E-state index is 7.11. The van der Waals surface area contributed by atoms with Gasteiger partial charge < -0.3 is 24.7 Å². The Morgan fingerprint density at radius 1 is 0.246 bits per heavy atom. The molecule has 26 heteroatoms. The maximum absolute atomic E-state index is 7.11. The molecule has 0 radical (unpaired) electrons. The molecule has 6 nitrogen and oxygen atoms in total. The molecule has 4 aliphatic rings. The molecule has 0 bridgehead atoms. The second-order valence-electron chi connectivity index (χ2n) is 39.9. The molecule has 0 amide bonds. The summed E-state index contributed by atoms with van der Waals surface area (Å²) in [5.41, 5.74) is 46.2. The van der Waals surface area contributed by atoms with Gasteiger partial charge >= 0.3 is 0 Å². The summed E-state index contributed by atoms with van der Waals surface area (Å²) in [4.78, 5) is 0. The van der Waals surface area contributed by atoms with Crippen LogP contribution in [0.25, 0.3) is 0 Å². The Balaban J connectivity index is 0. The lowest BCUT2D eigenvalue weighted by Crippen LogP contribution is -2.60. The highest BCUT2D eigenvalue weighted by Gasteiger charge is 2.50. The van der Waals surface area contributed by atoms with Crippen molar-refractivity contribution in [3.05, 3.63) is 391 Å². The van der Waals surface area contributed by atoms with Crippen LogP contribution in [-0.2, 0) is 24.7 Å². The van der Waals surface area contributed by atoms with Crippen LogP contribution in [0.2, 0.25) is 139 Å². The molecule has 4 fully saturated rings. The van der Waals surface area contributed by atoms with Crippen LogP contribution in [0.3, 0.4) is 0 Å². The monoisotopic (exact) mass is 2220 g/mol. The van der Waals surface area contributed by atoms with Gasteiger partial charge in [-0.3, -0.25) is 0 Å². The van der Waals surface area contributed by atoms with E-state index in [2.05, 4.69) is 351 Å². The van der Waals surface area contributed by atoms with Gasteiger partial charge in [-0.2, -0.15) is 44.3 Å². The zero-order chi connectivity index (χ0) is 106. The first-order valence-electron chi connectivity index (χ1n) is 49.7. The molecule has 4 saturated carbocycles. The van der Waals surface area contributed by atoms with E-state index in [1.807, 2.05) is 131 Å². The highest BCUT2D eigenvalue weighted by molar-refractivity contribution is 7.28. The molecule has 4 aromatic carbocycles. The number of hydrogen-bond acceptors (Lipinski definition) is 6. The molecule has 4 aliphatic carbocycles. The molecule has 0 heterocycles. The van der Waals surface area contributed by atoms with Crippen molar-refractivity contribution in [3.63, 3.8) is 0 Å². The Hall–Kier alpha value is -4.45. The first kappa shape index (κ1) is 136. The predicted octanol–water partition coefficient (Wildman–Crippen LogP) is 35.1. The standard InChI is InChI=1S/C20H34OSi2.C20H22OSi2.C18H34OSi2.C18H22OSi2.C10H22OSi2.C8H18OSi2.C6H9ClSi.C5H9ClSi.C4H9ClSi.C3H9ClSi/c2*1-5-22(6-2,19-15-11-9-12-16-19)21-23(7-3,8-4)20-17-13-10-14-18-20;2*1-5-20(3,17-13-9-7-10-14-17)19-21(4,6-2)18-15-11-8-12-16-18;1-7-12(5,8-2)11-13(6,9-3)10-4;1-7-10(3,4)9-11(5,6)8-2;1-4-8(7,5-2)6-3;1-4-7(3,6)5-2;1-4-6(2,3)5;1-5(2,3)4/h5-8,19-20H,1-4,9-18H2;5-18H,1-4H2;5-6,17-18H,1-2,7-16H2,3-4H3;5-16H,1-2H2,3-4H3;7,9H,1,3,8,10H2,2,4-6H3;7-8H,1-2H2,3-6H3;4-6H,1-3H2;4-5H,1-2H2,3H3;4H,1H2,2-3H3;1-3H3. The van der Waals surface area contributed by atoms with Gasteiger partial charge in [-0.15, -0.1) is 145 Å². The minimum Gasteiger partial charge on any atom is -0.449 e. The van der Waals surface area contributed by atoms with Gasteiger partial charge in [0, 0.05) is 0 Å². The Morgan fingerprint density at radius 2 is 0.493 bits per heavy atom. The average Bonchev–Trinajstić information content (AvgIpc) is 0.783. The molecule has 6 atom stereocenters. The molecule has 6 unspecified atom stereocenters. The first-order valence-corrected chi connectivity index (χ1v) is 95.1. The summed E-state index contributed by atoms with van der Waals surface area (Å²) >= 11 is 23.1. The SMILES string of the molecule is C=C[Si](C)(C)Cl.C=C[Si](C)(C)O[Si](C)(C)C=C.C=C[Si](C)(CC)O[Si](C)(C=C)CC.C=C[Si](C)(Cl)C=C.C=C[Si](C)(O[Si](C)(C=C)C1CCCCC1)C1CCCCC1.C=C[Si](C)(O[Si](C)(C=C)c1ccccc1)c1ccccc1.C=C[Si](C=C)(O[Si](C=C)(C=C)C1CCCCC1)C1CCCCC1.C=C[Si](C=C)(O[Si](C=C)(C=C)c1ccccc1)c1ccccc1.C=C[Si](Cl)(C=C)C=C.C[Si](C)(C)Cl. The van der Waals surface area contributed by atoms with Crippen molar-refractivity contribution in [3.8, 4) is 0 Å². The van der Waals surface area contributed by atoms with Gasteiger partial charge in [0.1, 0.15) is 7.38 Å². The van der Waals surface area contributed by atoms with Crippen LogP contribution < -0.4 is 20.7 Å². The van der Waals surface area contributed by atoms with Gasteiger partial charge in [-0.05, 0) is 127 Å². The van der Waals surface area contributed by atoms with Crippen molar-refractivity contribution in [2.75, 3.05) is 0 Å². The molecule has 0 aromatic heterocycles. The molecule has 0 saturated heterocycles. The third-order valence-corrected chi connectivity index (χ3v) is 82.4. The lowest BCUT2D eigenvalue weighted by Gasteiger charge is -2.45. The fourth-order valence-electron chi connectivity index (χ4n) is 16.1. The topological polar surface area (TPSA) is 55.4 Å². The van der Waals surface area contributed by atoms with Crippen molar-refractivity contribution in [2.45, 2.75) is 281 Å². The van der Waals surface area contributed by atoms with Crippen LogP contribution in [0.5, 0.6) is 0 Å². The normalized spacial score (nSPS) is 17.1. The summed E-state index contributed by atoms with van der Waals surface area (Å²) in [5.74, 6) is 0. The van der Waals surface area contributed by atoms with Crippen LogP contribution in [0.15, 0.2) is 391 Å². The molecule has 0 N–H and O–H groups in total. The highest BCUT2D eigenvalue weighted by Crippen LogP contribution is 2.47. The Morgan fingerprint density at radius 3 is 0.667 bits per heavy atom. The quantitative estimate of drug-likeness (QED) is 0.0325. The van der Waals surface area contributed by atoms with Gasteiger partial charge in [0.2, 0.25) is 73.9 Å². The van der Waals surface area contributed by atoms with E-state index in [1.54, 1.807) is 28.5 Å². The summed E-state index contributed by atoms with van der Waals surface area (Å²) in [6, 6.07) is 43.4. The zero-order valence-corrected chi connectivity index (χ0v) is 109. The third-order valence-electron chi connectivity index (χ3n) is 26.6. The van der Waals surface area contributed by atoms with E-state index in [4.69, 9.17) is 69.0 Å². The van der Waals surface area contributed by atoms with Crippen molar-refractivity contribution < 1.29 is 24.7 Å². The van der Waals surface area contributed by atoms with Crippen LogP contribution in [0, 0.1) is 0 Å². The van der Waals surface area contributed by atoms with Gasteiger partial charge in [0.05, 0.1) is 0 Å². The van der Waals surface area contributed by atoms with Crippen LogP contribution >= 0.6 is 44.3 Å². The predicted molar refractivity (Wildman–Crippen MR) is 673 cm³/mol. The summed E-state index contributed by atoms with van der Waals surface area (Å²) < 4.78 is 39.9. The smallest absolute Gasteiger partial charge is 0.262 e. The molecular weight excluding hydrogens is 2030 g/mol. The second-order valence-corrected chi connectivity index (χ2v) is 110. The largest absolute Gasteiger partial charge is 0.449 e. The lowest BCUT2D eigenvalue weighted by atomic mass is 10.0. The van der Waals surface area contributed by atoms with E-state index in [9.17, 15) is 0 Å². The van der Waals surface area contributed by atoms with E-state index in [0.29, 0.717) is 11.1 Å². The van der Waals surface area contributed by atoms with Crippen LogP contribution in [0.4, 0.5) is 0 Å². The molecule has 0 spiro atoms. The first-order chi connectivity index (χ1) is 64.5.